The zero-order valence-electron chi connectivity index (χ0n) is 15.3. The van der Waals surface area contributed by atoms with E-state index in [2.05, 4.69) is 59.3 Å². The van der Waals surface area contributed by atoms with Crippen molar-refractivity contribution in [3.8, 4) is 0 Å². The standard InChI is InChI=1S/C21H27N3S2/c1-15-6-2-3-10-20(15)23-21(25)22-16-12-17-7-4-8-18(13-16)24(17)14-19-9-5-11-26-19/h2-3,5-6,9-11,16-18H,4,7-8,12-14H2,1H3,(H2,22,23,25)/p+1/t16?,17-,18+. The van der Waals surface area contributed by atoms with Gasteiger partial charge in [0.1, 0.15) is 6.54 Å². The summed E-state index contributed by atoms with van der Waals surface area (Å²) in [6.45, 7) is 3.31. The van der Waals surface area contributed by atoms with Crippen LogP contribution in [0, 0.1) is 6.92 Å². The smallest absolute Gasteiger partial charge is 0.171 e. The highest BCUT2D eigenvalue weighted by Gasteiger charge is 2.42. The lowest BCUT2D eigenvalue weighted by Crippen LogP contribution is -3.20. The quantitative estimate of drug-likeness (QED) is 0.702. The summed E-state index contributed by atoms with van der Waals surface area (Å²) in [6, 6.07) is 14.8. The highest BCUT2D eigenvalue weighted by atomic mass is 32.1. The minimum Gasteiger partial charge on any atom is -0.359 e. The molecule has 0 amide bonds. The van der Waals surface area contributed by atoms with Crippen molar-refractivity contribution in [3.63, 3.8) is 0 Å². The van der Waals surface area contributed by atoms with Gasteiger partial charge in [0.25, 0.3) is 0 Å². The predicted molar refractivity (Wildman–Crippen MR) is 114 cm³/mol. The van der Waals surface area contributed by atoms with E-state index in [1.54, 1.807) is 0 Å². The first-order valence-corrected chi connectivity index (χ1v) is 11.0. The number of benzene rings is 1. The van der Waals surface area contributed by atoms with Crippen LogP contribution in [0.4, 0.5) is 5.69 Å². The van der Waals surface area contributed by atoms with Crippen molar-refractivity contribution in [1.82, 2.24) is 5.32 Å². The largest absolute Gasteiger partial charge is 0.359 e. The maximum absolute atomic E-state index is 5.60. The van der Waals surface area contributed by atoms with Crippen molar-refractivity contribution < 1.29 is 4.90 Å². The van der Waals surface area contributed by atoms with Crippen molar-refractivity contribution in [2.45, 2.75) is 63.7 Å². The van der Waals surface area contributed by atoms with E-state index in [1.165, 1.54) is 49.1 Å². The second-order valence-corrected chi connectivity index (χ2v) is 9.18. The Hall–Kier alpha value is -1.43. The number of quaternary nitrogens is 1. The Morgan fingerprint density at radius 2 is 1.92 bits per heavy atom. The van der Waals surface area contributed by atoms with Crippen LogP contribution in [0.3, 0.4) is 0 Å². The van der Waals surface area contributed by atoms with E-state index < -0.39 is 0 Å². The molecule has 2 aliphatic rings. The third-order valence-electron chi connectivity index (χ3n) is 5.98. The lowest BCUT2D eigenvalue weighted by molar-refractivity contribution is -0.973. The molecule has 5 heteroatoms. The molecule has 0 saturated carbocycles. The molecule has 3 heterocycles. The molecule has 2 aliphatic heterocycles. The highest BCUT2D eigenvalue weighted by Crippen LogP contribution is 2.23. The van der Waals surface area contributed by atoms with Gasteiger partial charge in [-0.1, -0.05) is 24.3 Å². The number of hydrogen-bond donors (Lipinski definition) is 3. The average molecular weight is 387 g/mol. The molecule has 138 valence electrons. The van der Waals surface area contributed by atoms with E-state index in [-0.39, 0.29) is 0 Å². The van der Waals surface area contributed by atoms with Crippen LogP contribution in [0.5, 0.6) is 0 Å². The number of hydrogen-bond acceptors (Lipinski definition) is 2. The summed E-state index contributed by atoms with van der Waals surface area (Å²) >= 11 is 7.51. The molecule has 2 saturated heterocycles. The van der Waals surface area contributed by atoms with Crippen molar-refractivity contribution in [3.05, 3.63) is 52.2 Å². The molecule has 2 bridgehead atoms. The van der Waals surface area contributed by atoms with E-state index >= 15 is 0 Å². The van der Waals surface area contributed by atoms with Gasteiger partial charge in [-0.25, -0.2) is 0 Å². The molecule has 26 heavy (non-hydrogen) atoms. The summed E-state index contributed by atoms with van der Waals surface area (Å²) < 4.78 is 0. The molecule has 1 aromatic carbocycles. The van der Waals surface area contributed by atoms with Crippen LogP contribution in [0.25, 0.3) is 0 Å². The molecular formula is C21H28N3S2+. The third-order valence-corrected chi connectivity index (χ3v) is 7.08. The predicted octanol–water partition coefficient (Wildman–Crippen LogP) is 3.51. The van der Waals surface area contributed by atoms with Gasteiger partial charge in [-0.3, -0.25) is 0 Å². The van der Waals surface area contributed by atoms with Gasteiger partial charge in [-0.2, -0.15) is 0 Å². The van der Waals surface area contributed by atoms with E-state index in [9.17, 15) is 0 Å². The van der Waals surface area contributed by atoms with Crippen LogP contribution in [-0.4, -0.2) is 23.2 Å². The first-order chi connectivity index (χ1) is 12.7. The second-order valence-electron chi connectivity index (χ2n) is 7.74. The number of thiocarbonyl (C=S) groups is 1. The molecule has 0 aliphatic carbocycles. The van der Waals surface area contributed by atoms with E-state index in [1.807, 2.05) is 16.2 Å². The zero-order valence-corrected chi connectivity index (χ0v) is 17.0. The van der Waals surface area contributed by atoms with E-state index in [4.69, 9.17) is 12.2 Å². The number of para-hydroxylation sites is 1. The Bertz CT molecular complexity index is 729. The Morgan fingerprint density at radius 3 is 2.62 bits per heavy atom. The van der Waals surface area contributed by atoms with Crippen molar-refractivity contribution in [2.24, 2.45) is 0 Å². The summed E-state index contributed by atoms with van der Waals surface area (Å²) in [5.74, 6) is 0. The molecule has 3 N–H and O–H groups in total. The van der Waals surface area contributed by atoms with Crippen LogP contribution in [0.15, 0.2) is 41.8 Å². The number of nitrogens with one attached hydrogen (secondary N) is 3. The molecule has 2 aromatic rings. The molecule has 2 fully saturated rings. The fourth-order valence-electron chi connectivity index (χ4n) is 4.71. The topological polar surface area (TPSA) is 28.5 Å². The van der Waals surface area contributed by atoms with Crippen LogP contribution in [-0.2, 0) is 6.54 Å². The van der Waals surface area contributed by atoms with Crippen molar-refractivity contribution >= 4 is 34.4 Å². The Morgan fingerprint density at radius 1 is 1.15 bits per heavy atom. The first kappa shape index (κ1) is 18.0. The van der Waals surface area contributed by atoms with Gasteiger partial charge in [0.05, 0.1) is 17.0 Å². The van der Waals surface area contributed by atoms with Crippen LogP contribution < -0.4 is 15.5 Å². The number of piperidine rings is 2. The lowest BCUT2D eigenvalue weighted by Gasteiger charge is -2.46. The number of fused-ring (bicyclic) bond motifs is 2. The summed E-state index contributed by atoms with van der Waals surface area (Å²) in [7, 11) is 0. The average Bonchev–Trinajstić information content (AvgIpc) is 3.11. The van der Waals surface area contributed by atoms with E-state index in [0.29, 0.717) is 6.04 Å². The van der Waals surface area contributed by atoms with Crippen LogP contribution in [0.1, 0.15) is 42.5 Å². The van der Waals surface area contributed by atoms with Gasteiger partial charge < -0.3 is 15.5 Å². The molecule has 3 nitrogen and oxygen atoms in total. The minimum absolute atomic E-state index is 0.501. The minimum atomic E-state index is 0.501. The van der Waals surface area contributed by atoms with Gasteiger partial charge >= 0.3 is 0 Å². The summed E-state index contributed by atoms with van der Waals surface area (Å²) in [4.78, 5) is 3.34. The molecule has 1 aromatic heterocycles. The molecule has 2 unspecified atom stereocenters. The summed E-state index contributed by atoms with van der Waals surface area (Å²) in [5.41, 5.74) is 2.33. The van der Waals surface area contributed by atoms with Gasteiger partial charge in [0.15, 0.2) is 5.11 Å². The van der Waals surface area contributed by atoms with Crippen LogP contribution >= 0.6 is 23.6 Å². The Labute approximate surface area is 165 Å². The maximum atomic E-state index is 5.60. The summed E-state index contributed by atoms with van der Waals surface area (Å²) in [6.07, 6.45) is 6.56. The van der Waals surface area contributed by atoms with Gasteiger partial charge in [-0.15, -0.1) is 11.3 Å². The van der Waals surface area contributed by atoms with Crippen LogP contribution in [0.2, 0.25) is 0 Å². The number of aryl methyl sites for hydroxylation is 1. The van der Waals surface area contributed by atoms with Gasteiger partial charge in [-0.05, 0) is 61.5 Å². The molecule has 4 atom stereocenters. The molecule has 0 radical (unpaired) electrons. The maximum Gasteiger partial charge on any atom is 0.171 e. The fraction of sp³-hybridized carbons (Fsp3) is 0.476. The Balaban J connectivity index is 1.36. The van der Waals surface area contributed by atoms with Gasteiger partial charge in [0.2, 0.25) is 0 Å². The van der Waals surface area contributed by atoms with Crippen molar-refractivity contribution in [2.75, 3.05) is 5.32 Å². The zero-order chi connectivity index (χ0) is 17.9. The molecule has 0 spiro atoms. The second kappa shape index (κ2) is 8.07. The fourth-order valence-corrected chi connectivity index (χ4v) is 5.73. The monoisotopic (exact) mass is 386 g/mol. The molecular weight excluding hydrogens is 358 g/mol. The number of thiophene rings is 1. The highest BCUT2D eigenvalue weighted by molar-refractivity contribution is 7.80. The number of anilines is 1. The van der Waals surface area contributed by atoms with Crippen molar-refractivity contribution in [1.29, 1.82) is 0 Å². The normalized spacial score (nSPS) is 27.7. The third kappa shape index (κ3) is 4.11. The summed E-state index contributed by atoms with van der Waals surface area (Å²) in [5, 5.41) is 9.97. The van der Waals surface area contributed by atoms with E-state index in [0.717, 1.165) is 22.9 Å². The van der Waals surface area contributed by atoms with Gasteiger partial charge in [0, 0.05) is 24.6 Å². The number of rotatable bonds is 4. The first-order valence-electron chi connectivity index (χ1n) is 9.70. The Kier molecular flexibility index (Phi) is 5.57. The lowest BCUT2D eigenvalue weighted by atomic mass is 9.81. The molecule has 4 rings (SSSR count). The SMILES string of the molecule is Cc1ccccc1NC(=S)NC1C[C@H]2CCC[C@@H](C1)[NH+]2Cc1cccs1.